The molecule has 1 saturated heterocycles. The average Bonchev–Trinajstić information content (AvgIpc) is 3.08. The van der Waals surface area contributed by atoms with E-state index in [0.29, 0.717) is 23.9 Å². The fourth-order valence-electron chi connectivity index (χ4n) is 3.44. The van der Waals surface area contributed by atoms with E-state index >= 15 is 0 Å². The van der Waals surface area contributed by atoms with Crippen molar-refractivity contribution in [2.75, 3.05) is 19.7 Å². The molecular formula is C16H20N2O2. The maximum atomic E-state index is 10.1. The van der Waals surface area contributed by atoms with Crippen LogP contribution in [0.25, 0.3) is 0 Å². The van der Waals surface area contributed by atoms with Crippen LogP contribution in [-0.2, 0) is 0 Å². The van der Waals surface area contributed by atoms with Crippen molar-refractivity contribution in [1.29, 1.82) is 5.26 Å². The van der Waals surface area contributed by atoms with Gasteiger partial charge in [-0.1, -0.05) is 12.1 Å². The molecule has 1 aliphatic heterocycles. The fourth-order valence-corrected chi connectivity index (χ4v) is 3.44. The molecule has 2 bridgehead atoms. The van der Waals surface area contributed by atoms with Crippen LogP contribution in [0, 0.1) is 17.2 Å². The minimum atomic E-state index is -0.499. The first-order chi connectivity index (χ1) is 9.76. The third-order valence-corrected chi connectivity index (χ3v) is 4.41. The fraction of sp³-hybridized carbons (Fsp3) is 0.562. The van der Waals surface area contributed by atoms with E-state index in [1.807, 2.05) is 12.1 Å². The van der Waals surface area contributed by atoms with E-state index in [-0.39, 0.29) is 6.61 Å². The van der Waals surface area contributed by atoms with Crippen LogP contribution in [-0.4, -0.2) is 41.8 Å². The van der Waals surface area contributed by atoms with E-state index < -0.39 is 6.10 Å². The molecule has 0 radical (unpaired) electrons. The van der Waals surface area contributed by atoms with Crippen LogP contribution in [0.3, 0.4) is 0 Å². The van der Waals surface area contributed by atoms with Crippen molar-refractivity contribution >= 4 is 0 Å². The Morgan fingerprint density at radius 1 is 1.40 bits per heavy atom. The zero-order valence-corrected chi connectivity index (χ0v) is 11.5. The molecule has 3 rings (SSSR count). The molecule has 4 heteroatoms. The van der Waals surface area contributed by atoms with Crippen molar-refractivity contribution in [3.63, 3.8) is 0 Å². The second-order valence-electron chi connectivity index (χ2n) is 5.86. The Morgan fingerprint density at radius 3 is 2.95 bits per heavy atom. The summed E-state index contributed by atoms with van der Waals surface area (Å²) >= 11 is 0. The Balaban J connectivity index is 1.50. The van der Waals surface area contributed by atoms with Crippen molar-refractivity contribution < 1.29 is 9.84 Å². The zero-order valence-electron chi connectivity index (χ0n) is 11.5. The van der Waals surface area contributed by atoms with Crippen molar-refractivity contribution in [3.8, 4) is 11.8 Å². The SMILES string of the molecule is N#Cc1ccccc1OCC(O)CN1CC2CCC1C2. The van der Waals surface area contributed by atoms with Crippen molar-refractivity contribution in [2.24, 2.45) is 5.92 Å². The highest BCUT2D eigenvalue weighted by Gasteiger charge is 2.38. The molecule has 1 heterocycles. The lowest BCUT2D eigenvalue weighted by Gasteiger charge is -2.28. The highest BCUT2D eigenvalue weighted by atomic mass is 16.5. The van der Waals surface area contributed by atoms with Gasteiger partial charge >= 0.3 is 0 Å². The minimum Gasteiger partial charge on any atom is -0.489 e. The Hall–Kier alpha value is -1.57. The van der Waals surface area contributed by atoms with Crippen LogP contribution in [0.2, 0.25) is 0 Å². The van der Waals surface area contributed by atoms with E-state index in [1.54, 1.807) is 12.1 Å². The Labute approximate surface area is 119 Å². The van der Waals surface area contributed by atoms with E-state index in [4.69, 9.17) is 10.00 Å². The Morgan fingerprint density at radius 2 is 2.25 bits per heavy atom. The van der Waals surface area contributed by atoms with Gasteiger partial charge in [0.25, 0.3) is 0 Å². The number of benzene rings is 1. The molecule has 4 nitrogen and oxygen atoms in total. The summed E-state index contributed by atoms with van der Waals surface area (Å²) in [6, 6.07) is 9.90. The van der Waals surface area contributed by atoms with Crippen molar-refractivity contribution in [2.45, 2.75) is 31.4 Å². The second-order valence-corrected chi connectivity index (χ2v) is 5.86. The second kappa shape index (κ2) is 5.82. The smallest absolute Gasteiger partial charge is 0.137 e. The lowest BCUT2D eigenvalue weighted by molar-refractivity contribution is 0.0572. The summed E-state index contributed by atoms with van der Waals surface area (Å²) in [5, 5.41) is 19.1. The number of fused-ring (bicyclic) bond motifs is 2. The van der Waals surface area contributed by atoms with Crippen LogP contribution < -0.4 is 4.74 Å². The third-order valence-electron chi connectivity index (χ3n) is 4.41. The molecule has 0 spiro atoms. The Kier molecular flexibility index (Phi) is 3.90. The molecule has 1 aromatic rings. The van der Waals surface area contributed by atoms with Gasteiger partial charge in [-0.2, -0.15) is 5.26 Å². The monoisotopic (exact) mass is 272 g/mol. The number of nitriles is 1. The predicted octanol–water partition coefficient (Wildman–Crippen LogP) is 1.78. The van der Waals surface area contributed by atoms with Crippen LogP contribution in [0.1, 0.15) is 24.8 Å². The van der Waals surface area contributed by atoms with E-state index in [0.717, 1.165) is 12.5 Å². The van der Waals surface area contributed by atoms with Crippen LogP contribution in [0.5, 0.6) is 5.75 Å². The lowest BCUT2D eigenvalue weighted by atomic mass is 10.1. The van der Waals surface area contributed by atoms with Gasteiger partial charge in [-0.3, -0.25) is 4.90 Å². The number of hydrogen-bond donors (Lipinski definition) is 1. The molecule has 0 amide bonds. The van der Waals surface area contributed by atoms with Gasteiger partial charge in [0.05, 0.1) is 5.56 Å². The maximum absolute atomic E-state index is 10.1. The summed E-state index contributed by atoms with van der Waals surface area (Å²) in [7, 11) is 0. The molecule has 1 aromatic carbocycles. The minimum absolute atomic E-state index is 0.243. The van der Waals surface area contributed by atoms with Crippen LogP contribution in [0.15, 0.2) is 24.3 Å². The molecule has 20 heavy (non-hydrogen) atoms. The summed E-state index contributed by atoms with van der Waals surface area (Å²) < 4.78 is 5.58. The average molecular weight is 272 g/mol. The quantitative estimate of drug-likeness (QED) is 0.887. The number of piperidine rings is 1. The van der Waals surface area contributed by atoms with Gasteiger partial charge in [-0.15, -0.1) is 0 Å². The number of aliphatic hydroxyl groups is 1. The zero-order chi connectivity index (χ0) is 13.9. The molecule has 0 aromatic heterocycles. The Bertz CT molecular complexity index is 511. The molecule has 3 unspecified atom stereocenters. The summed E-state index contributed by atoms with van der Waals surface area (Å²) in [6.45, 7) is 2.04. The highest BCUT2D eigenvalue weighted by molar-refractivity contribution is 5.42. The van der Waals surface area contributed by atoms with Crippen LogP contribution in [0.4, 0.5) is 0 Å². The summed E-state index contributed by atoms with van der Waals surface area (Å²) in [4.78, 5) is 2.39. The van der Waals surface area contributed by atoms with E-state index in [1.165, 1.54) is 19.3 Å². The van der Waals surface area contributed by atoms with Gasteiger partial charge in [-0.25, -0.2) is 0 Å². The van der Waals surface area contributed by atoms with Crippen LogP contribution >= 0.6 is 0 Å². The summed E-state index contributed by atoms with van der Waals surface area (Å²) in [5.74, 6) is 1.39. The number of rotatable bonds is 5. The van der Waals surface area contributed by atoms with Gasteiger partial charge in [0.1, 0.15) is 24.5 Å². The molecule has 1 aliphatic carbocycles. The number of hydrogen-bond acceptors (Lipinski definition) is 4. The number of nitrogens with zero attached hydrogens (tertiary/aromatic N) is 2. The first-order valence-electron chi connectivity index (χ1n) is 7.30. The van der Waals surface area contributed by atoms with Gasteiger partial charge in [0.15, 0.2) is 0 Å². The molecule has 106 valence electrons. The lowest BCUT2D eigenvalue weighted by Crippen LogP contribution is -2.40. The highest BCUT2D eigenvalue weighted by Crippen LogP contribution is 2.37. The van der Waals surface area contributed by atoms with Gasteiger partial charge < -0.3 is 9.84 Å². The largest absolute Gasteiger partial charge is 0.489 e. The van der Waals surface area contributed by atoms with Crippen molar-refractivity contribution in [1.82, 2.24) is 4.90 Å². The number of ether oxygens (including phenoxy) is 1. The predicted molar refractivity (Wildman–Crippen MR) is 75.4 cm³/mol. The first-order valence-corrected chi connectivity index (χ1v) is 7.30. The van der Waals surface area contributed by atoms with Gasteiger partial charge in [0, 0.05) is 19.1 Å². The third kappa shape index (κ3) is 2.79. The van der Waals surface area contributed by atoms with Gasteiger partial charge in [-0.05, 0) is 37.3 Å². The number of β-amino-alcohol motifs (C(OH)–C–C–N with tert-alkyl or cyclic N) is 1. The van der Waals surface area contributed by atoms with Crippen molar-refractivity contribution in [3.05, 3.63) is 29.8 Å². The van der Waals surface area contributed by atoms with E-state index in [9.17, 15) is 5.11 Å². The number of likely N-dealkylation sites (tertiary alicyclic amines) is 1. The molecule has 3 atom stereocenters. The number of para-hydroxylation sites is 1. The van der Waals surface area contributed by atoms with Gasteiger partial charge in [0.2, 0.25) is 0 Å². The summed E-state index contributed by atoms with van der Waals surface area (Å²) in [5.41, 5.74) is 0.514. The topological polar surface area (TPSA) is 56.5 Å². The molecular weight excluding hydrogens is 252 g/mol. The molecule has 2 fully saturated rings. The molecule has 1 saturated carbocycles. The maximum Gasteiger partial charge on any atom is 0.137 e. The van der Waals surface area contributed by atoms with E-state index in [2.05, 4.69) is 11.0 Å². The standard InChI is InChI=1S/C16H20N2O2/c17-8-13-3-1-2-4-16(13)20-11-15(19)10-18-9-12-5-6-14(18)7-12/h1-4,12,14-15,19H,5-7,9-11H2. The molecule has 2 aliphatic rings. The first kappa shape index (κ1) is 13.4. The molecule has 1 N–H and O–H groups in total. The summed E-state index contributed by atoms with van der Waals surface area (Å²) in [6.07, 6.45) is 3.42. The normalized spacial score (nSPS) is 26.4. The number of aliphatic hydroxyl groups excluding tert-OH is 1.